The second-order valence-electron chi connectivity index (χ2n) is 6.00. The first kappa shape index (κ1) is 19.3. The lowest BCUT2D eigenvalue weighted by molar-refractivity contribution is -0.119. The minimum Gasteiger partial charge on any atom is -0.324 e. The largest absolute Gasteiger partial charge is 0.324 e. The minimum atomic E-state index is -0.487. The number of amides is 2. The number of benzene rings is 2. The van der Waals surface area contributed by atoms with E-state index in [1.165, 1.54) is 23.4 Å². The third kappa shape index (κ3) is 5.28. The zero-order valence-corrected chi connectivity index (χ0v) is 15.8. The highest BCUT2D eigenvalue weighted by Gasteiger charge is 2.15. The van der Waals surface area contributed by atoms with Gasteiger partial charge in [-0.3, -0.25) is 9.59 Å². The van der Waals surface area contributed by atoms with Gasteiger partial charge in [-0.2, -0.15) is 5.10 Å². The number of carbonyl (C=O) groups excluding carboxylic acids is 2. The van der Waals surface area contributed by atoms with Gasteiger partial charge in [-0.1, -0.05) is 23.7 Å². The first-order valence-electron chi connectivity index (χ1n) is 8.51. The molecule has 142 valence electrons. The van der Waals surface area contributed by atoms with E-state index < -0.39 is 6.04 Å². The molecule has 0 fully saturated rings. The van der Waals surface area contributed by atoms with E-state index in [1.807, 2.05) is 12.1 Å². The molecule has 3 aromatic rings. The Morgan fingerprint density at radius 2 is 1.82 bits per heavy atom. The Balaban J connectivity index is 1.55. The second-order valence-corrected chi connectivity index (χ2v) is 6.43. The predicted molar refractivity (Wildman–Crippen MR) is 109 cm³/mol. The summed E-state index contributed by atoms with van der Waals surface area (Å²) < 4.78 is 1.47. The summed E-state index contributed by atoms with van der Waals surface area (Å²) in [5.74, 6) is -0.483. The van der Waals surface area contributed by atoms with Crippen LogP contribution in [-0.2, 0) is 9.59 Å². The summed E-state index contributed by atoms with van der Waals surface area (Å²) in [6, 6.07) is 13.6. The zero-order valence-electron chi connectivity index (χ0n) is 15.0. The molecule has 28 heavy (non-hydrogen) atoms. The fourth-order valence-corrected chi connectivity index (χ4v) is 2.59. The smallest absolute Gasteiger partial charge is 0.249 e. The summed E-state index contributed by atoms with van der Waals surface area (Å²) in [4.78, 5) is 28.1. The Bertz CT molecular complexity index is 984. The van der Waals surface area contributed by atoms with E-state index in [1.54, 1.807) is 49.4 Å². The van der Waals surface area contributed by atoms with E-state index in [0.717, 1.165) is 5.56 Å². The van der Waals surface area contributed by atoms with Crippen molar-refractivity contribution in [3.63, 3.8) is 0 Å². The minimum absolute atomic E-state index is 0.216. The monoisotopic (exact) mass is 395 g/mol. The Hall–Kier alpha value is -3.45. The van der Waals surface area contributed by atoms with Crippen LogP contribution in [0.1, 0.15) is 18.5 Å². The van der Waals surface area contributed by atoms with Crippen molar-refractivity contribution in [3.05, 3.63) is 77.8 Å². The van der Waals surface area contributed by atoms with Crippen LogP contribution in [0.4, 0.5) is 11.4 Å². The number of carbonyl (C=O) groups is 2. The summed E-state index contributed by atoms with van der Waals surface area (Å²) in [5.41, 5.74) is 2.06. The molecule has 0 spiro atoms. The molecule has 2 N–H and O–H groups in total. The van der Waals surface area contributed by atoms with Crippen LogP contribution >= 0.6 is 11.6 Å². The quantitative estimate of drug-likeness (QED) is 0.621. The molecule has 1 aromatic heterocycles. The van der Waals surface area contributed by atoms with Gasteiger partial charge in [0.1, 0.15) is 18.7 Å². The normalized spacial score (nSPS) is 11.9. The van der Waals surface area contributed by atoms with Crippen LogP contribution in [0, 0.1) is 0 Å². The van der Waals surface area contributed by atoms with E-state index in [0.29, 0.717) is 16.4 Å². The zero-order chi connectivity index (χ0) is 19.9. The number of hydrogen-bond donors (Lipinski definition) is 2. The van der Waals surface area contributed by atoms with Crippen LogP contribution in [0.3, 0.4) is 0 Å². The molecule has 1 atom stereocenters. The Morgan fingerprint density at radius 1 is 1.11 bits per heavy atom. The molecular formula is C20H18ClN5O2. The molecule has 1 unspecified atom stereocenters. The van der Waals surface area contributed by atoms with E-state index in [-0.39, 0.29) is 11.8 Å². The van der Waals surface area contributed by atoms with Crippen LogP contribution in [-0.4, -0.2) is 26.6 Å². The number of nitrogens with one attached hydrogen (secondary N) is 2. The van der Waals surface area contributed by atoms with E-state index in [9.17, 15) is 9.59 Å². The molecule has 0 aliphatic carbocycles. The molecule has 0 aliphatic heterocycles. The molecule has 7 nitrogen and oxygen atoms in total. The van der Waals surface area contributed by atoms with Crippen LogP contribution in [0.5, 0.6) is 0 Å². The molecule has 8 heteroatoms. The van der Waals surface area contributed by atoms with Crippen molar-refractivity contribution in [2.24, 2.45) is 0 Å². The molecule has 2 aromatic carbocycles. The van der Waals surface area contributed by atoms with Crippen LogP contribution in [0.15, 0.2) is 67.3 Å². The number of hydrogen-bond acceptors (Lipinski definition) is 4. The Labute approximate surface area is 167 Å². The number of rotatable bonds is 6. The molecule has 0 radical (unpaired) electrons. The van der Waals surface area contributed by atoms with Gasteiger partial charge in [-0.25, -0.2) is 9.67 Å². The average Bonchev–Trinajstić information content (AvgIpc) is 3.22. The summed E-state index contributed by atoms with van der Waals surface area (Å²) in [6.45, 7) is 1.73. The van der Waals surface area contributed by atoms with Gasteiger partial charge in [0.2, 0.25) is 11.8 Å². The van der Waals surface area contributed by atoms with Crippen LogP contribution < -0.4 is 10.6 Å². The van der Waals surface area contributed by atoms with Gasteiger partial charge in [0.05, 0.1) is 0 Å². The summed E-state index contributed by atoms with van der Waals surface area (Å²) in [7, 11) is 0. The number of halogens is 1. The van der Waals surface area contributed by atoms with E-state index in [2.05, 4.69) is 20.7 Å². The Morgan fingerprint density at radius 3 is 2.46 bits per heavy atom. The van der Waals surface area contributed by atoms with Gasteiger partial charge in [-0.05, 0) is 55.0 Å². The van der Waals surface area contributed by atoms with Crippen molar-refractivity contribution in [1.29, 1.82) is 0 Å². The topological polar surface area (TPSA) is 88.9 Å². The third-order valence-corrected chi connectivity index (χ3v) is 4.14. The summed E-state index contributed by atoms with van der Waals surface area (Å²) in [5, 5.41) is 10.1. The maximum atomic E-state index is 12.2. The van der Waals surface area contributed by atoms with Gasteiger partial charge in [0, 0.05) is 22.5 Å². The summed E-state index contributed by atoms with van der Waals surface area (Å²) in [6.07, 6.45) is 5.98. The van der Waals surface area contributed by atoms with Gasteiger partial charge in [0.15, 0.2) is 0 Å². The van der Waals surface area contributed by atoms with Crippen molar-refractivity contribution < 1.29 is 9.59 Å². The molecular weight excluding hydrogens is 378 g/mol. The fraction of sp³-hybridized carbons (Fsp3) is 0.100. The highest BCUT2D eigenvalue weighted by atomic mass is 35.5. The van der Waals surface area contributed by atoms with Gasteiger partial charge in [0.25, 0.3) is 0 Å². The molecule has 0 aliphatic rings. The molecule has 2 amide bonds. The van der Waals surface area contributed by atoms with Gasteiger partial charge in [-0.15, -0.1) is 0 Å². The maximum Gasteiger partial charge on any atom is 0.249 e. The number of aromatic nitrogens is 3. The molecule has 0 saturated carbocycles. The van der Waals surface area contributed by atoms with Crippen LogP contribution in [0.2, 0.25) is 5.02 Å². The SMILES string of the molecule is CC(C(=O)Nc1ccc(NC(=O)/C=C/c2cccc(Cl)c2)cc1)n1cncn1. The van der Waals surface area contributed by atoms with Gasteiger partial charge >= 0.3 is 0 Å². The highest BCUT2D eigenvalue weighted by molar-refractivity contribution is 6.30. The van der Waals surface area contributed by atoms with E-state index >= 15 is 0 Å². The molecule has 0 saturated heterocycles. The lowest BCUT2D eigenvalue weighted by atomic mass is 10.2. The average molecular weight is 396 g/mol. The third-order valence-electron chi connectivity index (χ3n) is 3.91. The van der Waals surface area contributed by atoms with Crippen molar-refractivity contribution >= 4 is 40.9 Å². The first-order chi connectivity index (χ1) is 13.5. The molecule has 3 rings (SSSR count). The van der Waals surface area contributed by atoms with Crippen molar-refractivity contribution in [1.82, 2.24) is 14.8 Å². The standard InChI is InChI=1S/C20H18ClN5O2/c1-14(26-13-22-12-23-26)20(28)25-18-8-6-17(7-9-18)24-19(27)10-5-15-3-2-4-16(21)11-15/h2-14H,1H3,(H,24,27)(H,25,28)/b10-5+. The molecule has 1 heterocycles. The van der Waals surface area contributed by atoms with Crippen molar-refractivity contribution in [3.8, 4) is 0 Å². The molecule has 0 bridgehead atoms. The maximum absolute atomic E-state index is 12.2. The Kier molecular flexibility index (Phi) is 6.18. The number of nitrogens with zero attached hydrogens (tertiary/aromatic N) is 3. The summed E-state index contributed by atoms with van der Waals surface area (Å²) >= 11 is 5.92. The fourth-order valence-electron chi connectivity index (χ4n) is 2.39. The van der Waals surface area contributed by atoms with Crippen LogP contribution in [0.25, 0.3) is 6.08 Å². The van der Waals surface area contributed by atoms with Crippen molar-refractivity contribution in [2.75, 3.05) is 10.6 Å². The second kappa shape index (κ2) is 8.96. The van der Waals surface area contributed by atoms with Crippen molar-refractivity contribution in [2.45, 2.75) is 13.0 Å². The lowest BCUT2D eigenvalue weighted by Gasteiger charge is -2.12. The predicted octanol–water partition coefficient (Wildman–Crippen LogP) is 3.78. The van der Waals surface area contributed by atoms with Gasteiger partial charge < -0.3 is 10.6 Å². The van der Waals surface area contributed by atoms with E-state index in [4.69, 9.17) is 11.6 Å². The highest BCUT2D eigenvalue weighted by Crippen LogP contribution is 2.16. The first-order valence-corrected chi connectivity index (χ1v) is 8.89. The number of anilines is 2. The lowest BCUT2D eigenvalue weighted by Crippen LogP contribution is -2.24.